The van der Waals surface area contributed by atoms with Gasteiger partial charge < -0.3 is 30.3 Å². The zero-order chi connectivity index (χ0) is 39.4. The molecule has 5 amide bonds. The summed E-state index contributed by atoms with van der Waals surface area (Å²) in [4.78, 5) is 83.4. The fourth-order valence-electron chi connectivity index (χ4n) is 7.35. The molecular formula is C36H45FN6O10S. The number of nitrogens with zero attached hydrogens (tertiary/aromatic N) is 2. The molecule has 18 heteroatoms. The Bertz CT molecular complexity index is 1910. The maximum absolute atomic E-state index is 14.5. The van der Waals surface area contributed by atoms with Crippen LogP contribution in [0.25, 0.3) is 0 Å². The van der Waals surface area contributed by atoms with Gasteiger partial charge in [-0.2, -0.15) is 0 Å². The van der Waals surface area contributed by atoms with Gasteiger partial charge in [0.25, 0.3) is 0 Å². The Morgan fingerprint density at radius 2 is 1.81 bits per heavy atom. The highest BCUT2D eigenvalue weighted by molar-refractivity contribution is 7.90. The number of halogens is 1. The van der Waals surface area contributed by atoms with E-state index in [9.17, 15) is 41.6 Å². The number of Topliss-reactive ketones (excluding diaryl/α,β-unsaturated/α-hetero) is 1. The van der Waals surface area contributed by atoms with Crippen LogP contribution < -0.4 is 20.7 Å². The lowest BCUT2D eigenvalue weighted by Gasteiger charge is -2.33. The van der Waals surface area contributed by atoms with E-state index in [0.29, 0.717) is 24.0 Å². The van der Waals surface area contributed by atoms with E-state index in [2.05, 4.69) is 33.8 Å². The number of alkyl carbamates (subject to hydrolysis) is 1. The van der Waals surface area contributed by atoms with E-state index in [1.807, 2.05) is 0 Å². The van der Waals surface area contributed by atoms with Gasteiger partial charge in [0.1, 0.15) is 34.6 Å². The van der Waals surface area contributed by atoms with Crippen molar-refractivity contribution >= 4 is 45.7 Å². The summed E-state index contributed by atoms with van der Waals surface area (Å²) < 4.78 is 53.0. The van der Waals surface area contributed by atoms with Crippen molar-refractivity contribution in [1.82, 2.24) is 30.5 Å². The Morgan fingerprint density at radius 1 is 1.09 bits per heavy atom. The topological polar surface area (TPSA) is 210 Å². The predicted molar refractivity (Wildman–Crippen MR) is 189 cm³/mol. The molecule has 4 N–H and O–H groups in total. The second-order valence-corrected chi connectivity index (χ2v) is 17.5. The lowest BCUT2D eigenvalue weighted by Crippen LogP contribution is -2.61. The second kappa shape index (κ2) is 14.1. The number of carbonyl (C=O) groups is 6. The smallest absolute Gasteiger partial charge is 0.410 e. The summed E-state index contributed by atoms with van der Waals surface area (Å²) in [6, 6.07) is 3.06. The van der Waals surface area contributed by atoms with Crippen molar-refractivity contribution in [2.75, 3.05) is 19.6 Å². The molecule has 6 atom stereocenters. The molecule has 292 valence electrons. The summed E-state index contributed by atoms with van der Waals surface area (Å²) in [5.41, 5.74) is -3.15. The van der Waals surface area contributed by atoms with Crippen molar-refractivity contribution in [2.24, 2.45) is 11.8 Å². The highest BCUT2D eigenvalue weighted by Gasteiger charge is 2.75. The molecule has 6 rings (SSSR count). The Kier molecular flexibility index (Phi) is 10.1. The van der Waals surface area contributed by atoms with Crippen LogP contribution in [0.15, 0.2) is 43.5 Å². The van der Waals surface area contributed by atoms with E-state index in [1.54, 1.807) is 26.8 Å². The molecular weight excluding hydrogens is 727 g/mol. The number of amides is 5. The van der Waals surface area contributed by atoms with E-state index in [4.69, 9.17) is 9.47 Å². The number of nitrogens with one attached hydrogen (secondary N) is 4. The highest BCUT2D eigenvalue weighted by atomic mass is 32.2. The predicted octanol–water partition coefficient (Wildman–Crippen LogP) is 1.15. The molecule has 54 heavy (non-hydrogen) atoms. The van der Waals surface area contributed by atoms with Crippen molar-refractivity contribution in [3.8, 4) is 0 Å². The van der Waals surface area contributed by atoms with Crippen molar-refractivity contribution in [2.45, 2.75) is 93.6 Å². The third kappa shape index (κ3) is 7.58. The summed E-state index contributed by atoms with van der Waals surface area (Å²) in [5.74, 6) is -4.54. The molecule has 0 spiro atoms. The molecule has 1 aromatic carbocycles. The van der Waals surface area contributed by atoms with Crippen LogP contribution in [-0.2, 0) is 51.8 Å². The van der Waals surface area contributed by atoms with Gasteiger partial charge in [0.15, 0.2) is 5.78 Å². The highest BCUT2D eigenvalue weighted by Crippen LogP contribution is 2.58. The fraction of sp³-hybridized carbons (Fsp3) is 0.556. The number of piperidine rings is 1. The molecule has 2 aliphatic heterocycles. The fourth-order valence-corrected chi connectivity index (χ4v) is 8.67. The van der Waals surface area contributed by atoms with Crippen LogP contribution in [0.1, 0.15) is 57.6 Å². The maximum atomic E-state index is 14.5. The number of ketones is 1. The summed E-state index contributed by atoms with van der Waals surface area (Å²) in [5, 5.41) is 7.17. The van der Waals surface area contributed by atoms with Gasteiger partial charge in [-0.05, 0) is 64.2 Å². The number of fused-ring (bicyclic) bond motifs is 2. The van der Waals surface area contributed by atoms with E-state index >= 15 is 0 Å². The zero-order valence-electron chi connectivity index (χ0n) is 30.3. The largest absolute Gasteiger partial charge is 0.444 e. The minimum absolute atomic E-state index is 0.00683. The molecule has 4 fully saturated rings. The third-order valence-electron chi connectivity index (χ3n) is 10.6. The number of rotatable bonds is 14. The van der Waals surface area contributed by atoms with Gasteiger partial charge in [-0.3, -0.25) is 24.1 Å². The van der Waals surface area contributed by atoms with Crippen LogP contribution in [0.2, 0.25) is 0 Å². The molecule has 1 saturated heterocycles. The van der Waals surface area contributed by atoms with Crippen LogP contribution in [0.4, 0.5) is 14.0 Å². The van der Waals surface area contributed by atoms with Gasteiger partial charge in [0.2, 0.25) is 27.7 Å². The molecule has 5 aliphatic rings. The number of ether oxygens (including phenoxy) is 2. The number of carbonyl (C=O) groups excluding carboxylic acids is 6. The average molecular weight is 773 g/mol. The monoisotopic (exact) mass is 772 g/mol. The van der Waals surface area contributed by atoms with Crippen molar-refractivity contribution in [1.29, 1.82) is 0 Å². The minimum atomic E-state index is -3.71. The van der Waals surface area contributed by atoms with Crippen LogP contribution in [-0.4, -0.2) is 108 Å². The molecule has 0 aromatic heterocycles. The van der Waals surface area contributed by atoms with Crippen molar-refractivity contribution in [3.63, 3.8) is 0 Å². The SMILES string of the molecule is C=CC(=O)NC[C@H](NC(=O)OC(C)(C)C)C(=O)N1C[C@H](OC(=O)N2Cc3cccc(F)c3C2)C2CC21C(=O)N[C@]1(C(=O)CNS(=O)(=O)C2CC2)C[C@H]1C=C. The van der Waals surface area contributed by atoms with Crippen LogP contribution >= 0.6 is 0 Å². The first-order valence-electron chi connectivity index (χ1n) is 17.7. The number of likely N-dealkylation sites (tertiary alicyclic amines) is 1. The lowest BCUT2D eigenvalue weighted by molar-refractivity contribution is -0.143. The Balaban J connectivity index is 1.25. The van der Waals surface area contributed by atoms with Crippen LogP contribution in [0.5, 0.6) is 0 Å². The number of sulfonamides is 1. The minimum Gasteiger partial charge on any atom is -0.444 e. The molecule has 2 heterocycles. The van der Waals surface area contributed by atoms with Gasteiger partial charge >= 0.3 is 12.2 Å². The second-order valence-electron chi connectivity index (χ2n) is 15.4. The normalized spacial score (nSPS) is 27.1. The quantitative estimate of drug-likeness (QED) is 0.157. The van der Waals surface area contributed by atoms with E-state index in [-0.39, 0.29) is 32.5 Å². The van der Waals surface area contributed by atoms with E-state index in [0.717, 1.165) is 6.08 Å². The number of hydrogen-bond acceptors (Lipinski definition) is 10. The van der Waals surface area contributed by atoms with Gasteiger partial charge in [0, 0.05) is 30.5 Å². The molecule has 0 radical (unpaired) electrons. The summed E-state index contributed by atoms with van der Waals surface area (Å²) in [6.07, 6.45) is 0.778. The van der Waals surface area contributed by atoms with Gasteiger partial charge in [-0.15, -0.1) is 6.58 Å². The van der Waals surface area contributed by atoms with Crippen LogP contribution in [0, 0.1) is 17.7 Å². The maximum Gasteiger partial charge on any atom is 0.410 e. The standard InChI is InChI=1S/C36H45FN6O10S/c1-6-21-13-35(21,28(44)16-39-54(50,51)22-11-12-22)41-31(47)36-14-24(36)27(52-33(49)42-17-20-9-8-10-25(37)23(20)18-42)19-43(36)30(46)26(15-38-29(45)7-2)40-32(48)53-34(3,4)5/h6-10,21-22,24,26-27,39H,1-2,11-19H2,3-5H3,(H,38,45)(H,40,48)(H,41,47)/t21-,24?,26+,27+,35-,36?/m1/s1. The zero-order valence-corrected chi connectivity index (χ0v) is 31.1. The number of hydrogen-bond donors (Lipinski definition) is 4. The molecule has 0 bridgehead atoms. The molecule has 2 unspecified atom stereocenters. The van der Waals surface area contributed by atoms with Gasteiger partial charge in [0.05, 0.1) is 24.9 Å². The third-order valence-corrected chi connectivity index (χ3v) is 12.5. The first kappa shape index (κ1) is 38.9. The molecule has 3 aliphatic carbocycles. The summed E-state index contributed by atoms with van der Waals surface area (Å²) >= 11 is 0. The average Bonchev–Trinajstić information content (AvgIpc) is 4.05. The first-order valence-corrected chi connectivity index (χ1v) is 19.3. The van der Waals surface area contributed by atoms with Gasteiger partial charge in [-0.25, -0.2) is 27.1 Å². The summed E-state index contributed by atoms with van der Waals surface area (Å²) in [7, 11) is -3.71. The van der Waals surface area contributed by atoms with E-state index in [1.165, 1.54) is 28.0 Å². The lowest BCUT2D eigenvalue weighted by atomic mass is 10.0. The Labute approximate surface area is 312 Å². The van der Waals surface area contributed by atoms with E-state index < -0.39 is 111 Å². The van der Waals surface area contributed by atoms with Crippen molar-refractivity contribution < 1.29 is 51.0 Å². The van der Waals surface area contributed by atoms with Crippen LogP contribution in [0.3, 0.4) is 0 Å². The van der Waals surface area contributed by atoms with Gasteiger partial charge in [-0.1, -0.05) is 24.8 Å². The summed E-state index contributed by atoms with van der Waals surface area (Å²) in [6.45, 7) is 10.8. The van der Waals surface area contributed by atoms with Crippen molar-refractivity contribution in [3.05, 3.63) is 60.5 Å². The molecule has 1 aromatic rings. The first-order chi connectivity index (χ1) is 25.3. The molecule has 16 nitrogen and oxygen atoms in total. The Hall–Kier alpha value is -4.84. The Morgan fingerprint density at radius 3 is 2.43 bits per heavy atom. The molecule has 3 saturated carbocycles. The number of benzene rings is 1.